The first-order valence-electron chi connectivity index (χ1n) is 11.1. The number of morpholine rings is 1. The highest BCUT2D eigenvalue weighted by Gasteiger charge is 2.37. The zero-order chi connectivity index (χ0) is 23.7. The summed E-state index contributed by atoms with van der Waals surface area (Å²) in [5.41, 5.74) is 1.54. The first-order chi connectivity index (χ1) is 16.6. The first-order valence-corrected chi connectivity index (χ1v) is 13.1. The van der Waals surface area contributed by atoms with Crippen molar-refractivity contribution >= 4 is 68.6 Å². The van der Waals surface area contributed by atoms with E-state index in [4.69, 9.17) is 9.72 Å². The lowest BCUT2D eigenvalue weighted by Gasteiger charge is -2.29. The van der Waals surface area contributed by atoms with Crippen LogP contribution in [0.15, 0.2) is 47.4 Å². The van der Waals surface area contributed by atoms with E-state index in [1.165, 1.54) is 11.3 Å². The first kappa shape index (κ1) is 25.6. The summed E-state index contributed by atoms with van der Waals surface area (Å²) in [6, 6.07) is 12.7. The van der Waals surface area contributed by atoms with Crippen molar-refractivity contribution in [2.45, 2.75) is 4.90 Å². The number of para-hydroxylation sites is 1. The van der Waals surface area contributed by atoms with Gasteiger partial charge in [0.15, 0.2) is 5.13 Å². The molecule has 35 heavy (non-hydrogen) atoms. The summed E-state index contributed by atoms with van der Waals surface area (Å²) in [6.07, 6.45) is 2.00. The third kappa shape index (κ3) is 5.07. The Balaban J connectivity index is 0.00000289. The molecule has 8 nitrogen and oxygen atoms in total. The van der Waals surface area contributed by atoms with Gasteiger partial charge in [0.2, 0.25) is 5.91 Å². The lowest BCUT2D eigenvalue weighted by Crippen LogP contribution is -2.47. The third-order valence-corrected chi connectivity index (χ3v) is 7.85. The molecule has 2 aliphatic rings. The number of benzene rings is 2. The van der Waals surface area contributed by atoms with Crippen LogP contribution in [-0.2, 0) is 9.53 Å². The van der Waals surface area contributed by atoms with Crippen molar-refractivity contribution in [1.82, 2.24) is 14.8 Å². The third-order valence-electron chi connectivity index (χ3n) is 6.04. The Bertz CT molecular complexity index is 1230. The highest BCUT2D eigenvalue weighted by molar-refractivity contribution is 7.98. The van der Waals surface area contributed by atoms with Gasteiger partial charge in [-0.25, -0.2) is 4.98 Å². The number of nitrogens with zero attached hydrogens (tertiary/aromatic N) is 4. The van der Waals surface area contributed by atoms with Gasteiger partial charge in [-0.15, -0.1) is 24.2 Å². The van der Waals surface area contributed by atoms with Crippen LogP contribution >= 0.6 is 35.5 Å². The number of anilines is 1. The fourth-order valence-corrected chi connectivity index (χ4v) is 5.85. The molecule has 0 saturated carbocycles. The second-order valence-electron chi connectivity index (χ2n) is 8.04. The number of halogens is 1. The molecular weight excluding hydrogens is 508 g/mol. The topological polar surface area (TPSA) is 83.0 Å². The van der Waals surface area contributed by atoms with Crippen molar-refractivity contribution in [3.8, 4) is 0 Å². The minimum Gasteiger partial charge on any atom is -0.379 e. The van der Waals surface area contributed by atoms with Crippen LogP contribution in [0.1, 0.15) is 20.7 Å². The van der Waals surface area contributed by atoms with Gasteiger partial charge < -0.3 is 4.74 Å². The molecule has 2 aromatic carbocycles. The Morgan fingerprint density at radius 2 is 1.77 bits per heavy atom. The van der Waals surface area contributed by atoms with E-state index < -0.39 is 11.8 Å². The molecule has 3 amide bonds. The summed E-state index contributed by atoms with van der Waals surface area (Å²) in [7, 11) is 0. The number of carbonyl (C=O) groups excluding carboxylic acids is 3. The van der Waals surface area contributed by atoms with Crippen LogP contribution in [0.25, 0.3) is 10.2 Å². The number of thiazole rings is 1. The average Bonchev–Trinajstić information content (AvgIpc) is 3.40. The number of ether oxygens (including phenoxy) is 1. The van der Waals surface area contributed by atoms with Gasteiger partial charge in [0, 0.05) is 31.1 Å². The van der Waals surface area contributed by atoms with Crippen LogP contribution in [-0.4, -0.2) is 84.7 Å². The van der Waals surface area contributed by atoms with Gasteiger partial charge in [-0.3, -0.25) is 29.1 Å². The monoisotopic (exact) mass is 532 g/mol. The molecule has 0 bridgehead atoms. The standard InChI is InChI=1S/C24H24N4O4S2.ClH/c1-33-18-7-4-8-19-21(18)25-24(34-19)27(10-9-26-11-13-32-14-12-26)20(29)15-28-22(30)16-5-2-3-6-17(16)23(28)31;/h2-8H,9-15H2,1H3;1H. The number of carbonyl (C=O) groups is 3. The van der Waals surface area contributed by atoms with Gasteiger partial charge in [0.25, 0.3) is 11.8 Å². The van der Waals surface area contributed by atoms with Crippen molar-refractivity contribution in [3.05, 3.63) is 53.6 Å². The number of hydrogen-bond donors (Lipinski definition) is 0. The molecule has 0 atom stereocenters. The van der Waals surface area contributed by atoms with Gasteiger partial charge in [0.1, 0.15) is 6.54 Å². The van der Waals surface area contributed by atoms with Crippen LogP contribution in [0.2, 0.25) is 0 Å². The summed E-state index contributed by atoms with van der Waals surface area (Å²) in [5.74, 6) is -1.19. The Morgan fingerprint density at radius 3 is 2.43 bits per heavy atom. The van der Waals surface area contributed by atoms with E-state index in [0.29, 0.717) is 42.6 Å². The normalized spacial score (nSPS) is 15.9. The fourth-order valence-electron chi connectivity index (χ4n) is 4.19. The minimum atomic E-state index is -0.434. The van der Waals surface area contributed by atoms with Crippen molar-refractivity contribution in [1.29, 1.82) is 0 Å². The minimum absolute atomic E-state index is 0. The summed E-state index contributed by atoms with van der Waals surface area (Å²) in [5, 5.41) is 0.575. The maximum Gasteiger partial charge on any atom is 0.262 e. The Labute approximate surface area is 217 Å². The van der Waals surface area contributed by atoms with Gasteiger partial charge in [-0.1, -0.05) is 29.5 Å². The van der Waals surface area contributed by atoms with Crippen molar-refractivity contribution < 1.29 is 19.1 Å². The highest BCUT2D eigenvalue weighted by atomic mass is 35.5. The van der Waals surface area contributed by atoms with Gasteiger partial charge >= 0.3 is 0 Å². The van der Waals surface area contributed by atoms with Crippen LogP contribution in [0.4, 0.5) is 5.13 Å². The Morgan fingerprint density at radius 1 is 1.09 bits per heavy atom. The summed E-state index contributed by atoms with van der Waals surface area (Å²) >= 11 is 3.05. The average molecular weight is 533 g/mol. The van der Waals surface area contributed by atoms with E-state index in [1.807, 2.05) is 24.5 Å². The predicted molar refractivity (Wildman–Crippen MR) is 140 cm³/mol. The van der Waals surface area contributed by atoms with E-state index in [1.54, 1.807) is 40.9 Å². The molecule has 0 radical (unpaired) electrons. The van der Waals surface area contributed by atoms with Crippen molar-refractivity contribution in [2.75, 3.05) is 57.1 Å². The molecule has 5 rings (SSSR count). The number of amides is 3. The fraction of sp³-hybridized carbons (Fsp3) is 0.333. The number of aromatic nitrogens is 1. The predicted octanol–water partition coefficient (Wildman–Crippen LogP) is 3.40. The number of rotatable bonds is 7. The van der Waals surface area contributed by atoms with Crippen LogP contribution in [0.3, 0.4) is 0 Å². The zero-order valence-electron chi connectivity index (χ0n) is 19.1. The molecule has 0 unspecified atom stereocenters. The molecule has 1 fully saturated rings. The largest absolute Gasteiger partial charge is 0.379 e. The molecule has 0 aliphatic carbocycles. The lowest BCUT2D eigenvalue weighted by atomic mass is 10.1. The molecule has 1 aromatic heterocycles. The second kappa shape index (κ2) is 11.0. The molecule has 1 saturated heterocycles. The highest BCUT2D eigenvalue weighted by Crippen LogP contribution is 2.34. The number of fused-ring (bicyclic) bond motifs is 2. The molecule has 3 heterocycles. The molecule has 11 heteroatoms. The molecule has 184 valence electrons. The van der Waals surface area contributed by atoms with Gasteiger partial charge in [-0.05, 0) is 30.5 Å². The molecule has 0 N–H and O–H groups in total. The van der Waals surface area contributed by atoms with E-state index in [2.05, 4.69) is 4.90 Å². The van der Waals surface area contributed by atoms with Gasteiger partial charge in [0.05, 0.1) is 34.6 Å². The van der Waals surface area contributed by atoms with Crippen molar-refractivity contribution in [2.24, 2.45) is 0 Å². The van der Waals surface area contributed by atoms with E-state index in [0.717, 1.165) is 33.1 Å². The SMILES string of the molecule is CSc1cccc2sc(N(CCN3CCOCC3)C(=O)CN3C(=O)c4ccccc4C3=O)nc12.Cl. The van der Waals surface area contributed by atoms with E-state index >= 15 is 0 Å². The molecule has 3 aromatic rings. The molecular formula is C24H25ClN4O4S2. The second-order valence-corrected chi connectivity index (χ2v) is 9.90. The summed E-state index contributed by atoms with van der Waals surface area (Å²) in [4.78, 5) is 49.9. The van der Waals surface area contributed by atoms with Crippen LogP contribution < -0.4 is 4.90 Å². The van der Waals surface area contributed by atoms with Crippen molar-refractivity contribution in [3.63, 3.8) is 0 Å². The number of hydrogen-bond acceptors (Lipinski definition) is 8. The van der Waals surface area contributed by atoms with E-state index in [9.17, 15) is 14.4 Å². The van der Waals surface area contributed by atoms with Crippen LogP contribution in [0, 0.1) is 0 Å². The quantitative estimate of drug-likeness (QED) is 0.340. The maximum absolute atomic E-state index is 13.5. The molecule has 2 aliphatic heterocycles. The van der Waals surface area contributed by atoms with E-state index in [-0.39, 0.29) is 24.9 Å². The molecule has 0 spiro atoms. The summed E-state index contributed by atoms with van der Waals surface area (Å²) < 4.78 is 6.42. The lowest BCUT2D eigenvalue weighted by molar-refractivity contribution is -0.119. The zero-order valence-corrected chi connectivity index (χ0v) is 21.6. The Hall–Kier alpha value is -2.50. The maximum atomic E-state index is 13.5. The number of imide groups is 1. The van der Waals surface area contributed by atoms with Crippen LogP contribution in [0.5, 0.6) is 0 Å². The smallest absolute Gasteiger partial charge is 0.262 e. The van der Waals surface area contributed by atoms with Gasteiger partial charge in [-0.2, -0.15) is 0 Å². The summed E-state index contributed by atoms with van der Waals surface area (Å²) in [6.45, 7) is 3.69. The Kier molecular flexibility index (Phi) is 8.08. The number of thioether (sulfide) groups is 1.